The largest absolute Gasteiger partial charge is 0.383 e. The van der Waals surface area contributed by atoms with Crippen LogP contribution in [-0.4, -0.2) is 57.2 Å². The molecule has 1 atom stereocenters. The average Bonchev–Trinajstić information content (AvgIpc) is 2.24. The predicted octanol–water partition coefficient (Wildman–Crippen LogP) is -0.582. The minimum Gasteiger partial charge on any atom is -0.383 e. The fraction of sp³-hybridized carbons (Fsp3) is 0.900. The Hall–Kier alpha value is -0.650. The number of amides is 1. The van der Waals surface area contributed by atoms with Gasteiger partial charge in [0.15, 0.2) is 0 Å². The fourth-order valence-corrected chi connectivity index (χ4v) is 1.05. The zero-order valence-corrected chi connectivity index (χ0v) is 9.95. The molecule has 3 N–H and O–H groups in total. The molecule has 0 heterocycles. The van der Waals surface area contributed by atoms with Gasteiger partial charge in [-0.2, -0.15) is 0 Å². The van der Waals surface area contributed by atoms with Crippen molar-refractivity contribution < 1.29 is 9.53 Å². The minimum absolute atomic E-state index is 0.0716. The molecule has 5 nitrogen and oxygen atoms in total. The monoisotopic (exact) mass is 217 g/mol. The van der Waals surface area contributed by atoms with Crippen LogP contribution in [0.25, 0.3) is 0 Å². The van der Waals surface area contributed by atoms with Crippen LogP contribution >= 0.6 is 0 Å². The lowest BCUT2D eigenvalue weighted by Gasteiger charge is -2.17. The molecule has 1 amide bonds. The molecule has 0 aromatic rings. The van der Waals surface area contributed by atoms with Gasteiger partial charge in [-0.25, -0.2) is 0 Å². The zero-order chi connectivity index (χ0) is 11.7. The van der Waals surface area contributed by atoms with Gasteiger partial charge in [0.1, 0.15) is 0 Å². The van der Waals surface area contributed by atoms with Crippen LogP contribution in [0.1, 0.15) is 13.3 Å². The van der Waals surface area contributed by atoms with Gasteiger partial charge >= 0.3 is 0 Å². The van der Waals surface area contributed by atoms with Crippen molar-refractivity contribution in [3.05, 3.63) is 0 Å². The van der Waals surface area contributed by atoms with Crippen LogP contribution in [0, 0.1) is 0 Å². The smallest absolute Gasteiger partial charge is 0.236 e. The van der Waals surface area contributed by atoms with E-state index in [1.807, 2.05) is 14.0 Å². The number of nitrogens with two attached hydrogens (primary N) is 1. The number of carbonyl (C=O) groups is 1. The Labute approximate surface area is 91.9 Å². The summed E-state index contributed by atoms with van der Waals surface area (Å²) in [4.78, 5) is 13.4. The van der Waals surface area contributed by atoms with Crippen LogP contribution in [0.4, 0.5) is 0 Å². The van der Waals surface area contributed by atoms with Crippen molar-refractivity contribution in [2.24, 2.45) is 5.73 Å². The van der Waals surface area contributed by atoms with Gasteiger partial charge in [-0.15, -0.1) is 0 Å². The van der Waals surface area contributed by atoms with Crippen molar-refractivity contribution in [2.75, 3.05) is 40.4 Å². The number of nitrogens with zero attached hydrogens (tertiary/aromatic N) is 1. The van der Waals surface area contributed by atoms with Crippen LogP contribution in [0.5, 0.6) is 0 Å². The standard InChI is InChI=1S/C10H23N3O2/c1-4-9(11)10(14)12-5-6-13(2)7-8-15-3/h9H,4-8,11H2,1-3H3,(H,12,14)/t9-/m1/s1. The lowest BCUT2D eigenvalue weighted by Crippen LogP contribution is -2.43. The maximum absolute atomic E-state index is 11.3. The third-order valence-corrected chi connectivity index (χ3v) is 2.25. The zero-order valence-electron chi connectivity index (χ0n) is 9.95. The molecule has 0 aliphatic rings. The summed E-state index contributed by atoms with van der Waals surface area (Å²) in [6.07, 6.45) is 0.672. The van der Waals surface area contributed by atoms with Crippen molar-refractivity contribution in [3.8, 4) is 0 Å². The van der Waals surface area contributed by atoms with E-state index in [0.717, 1.165) is 13.1 Å². The summed E-state index contributed by atoms with van der Waals surface area (Å²) in [6.45, 7) is 4.92. The van der Waals surface area contributed by atoms with E-state index in [4.69, 9.17) is 10.5 Å². The molecule has 0 aliphatic heterocycles. The highest BCUT2D eigenvalue weighted by atomic mass is 16.5. The maximum Gasteiger partial charge on any atom is 0.236 e. The van der Waals surface area contributed by atoms with Gasteiger partial charge in [-0.1, -0.05) is 6.92 Å². The SMILES string of the molecule is CC[C@@H](N)C(=O)NCCN(C)CCOC. The molecular formula is C10H23N3O2. The highest BCUT2D eigenvalue weighted by Crippen LogP contribution is 1.86. The first-order valence-electron chi connectivity index (χ1n) is 5.32. The molecule has 0 aromatic carbocycles. The number of methoxy groups -OCH3 is 1. The Morgan fingerprint density at radius 1 is 1.53 bits per heavy atom. The van der Waals surface area contributed by atoms with E-state index in [9.17, 15) is 4.79 Å². The summed E-state index contributed by atoms with van der Waals surface area (Å²) in [5.74, 6) is -0.0716. The topological polar surface area (TPSA) is 67.6 Å². The van der Waals surface area contributed by atoms with Crippen molar-refractivity contribution >= 4 is 5.91 Å². The number of nitrogens with one attached hydrogen (secondary N) is 1. The molecule has 5 heteroatoms. The average molecular weight is 217 g/mol. The predicted molar refractivity (Wildman–Crippen MR) is 60.6 cm³/mol. The molecule has 0 bridgehead atoms. The van der Waals surface area contributed by atoms with Crippen molar-refractivity contribution in [1.29, 1.82) is 0 Å². The van der Waals surface area contributed by atoms with Crippen LogP contribution in [-0.2, 0) is 9.53 Å². The van der Waals surface area contributed by atoms with Gasteiger partial charge in [0, 0.05) is 26.7 Å². The van der Waals surface area contributed by atoms with Gasteiger partial charge < -0.3 is 20.7 Å². The van der Waals surface area contributed by atoms with Gasteiger partial charge in [-0.3, -0.25) is 4.79 Å². The molecule has 0 aromatic heterocycles. The summed E-state index contributed by atoms with van der Waals surface area (Å²) in [5.41, 5.74) is 5.57. The van der Waals surface area contributed by atoms with E-state index in [2.05, 4.69) is 10.2 Å². The van der Waals surface area contributed by atoms with Gasteiger partial charge in [0.2, 0.25) is 5.91 Å². The van der Waals surface area contributed by atoms with Crippen LogP contribution < -0.4 is 11.1 Å². The number of hydrogen-bond donors (Lipinski definition) is 2. The molecule has 0 aliphatic carbocycles. The molecule has 15 heavy (non-hydrogen) atoms. The molecule has 0 unspecified atom stereocenters. The Morgan fingerprint density at radius 3 is 2.73 bits per heavy atom. The van der Waals surface area contributed by atoms with Crippen LogP contribution in [0.2, 0.25) is 0 Å². The molecule has 0 rings (SSSR count). The first kappa shape index (κ1) is 14.3. The number of rotatable bonds is 8. The lowest BCUT2D eigenvalue weighted by molar-refractivity contribution is -0.122. The molecule has 0 spiro atoms. The number of carbonyl (C=O) groups excluding carboxylic acids is 1. The number of ether oxygens (including phenoxy) is 1. The fourth-order valence-electron chi connectivity index (χ4n) is 1.05. The number of hydrogen-bond acceptors (Lipinski definition) is 4. The Bertz CT molecular complexity index is 176. The highest BCUT2D eigenvalue weighted by Gasteiger charge is 2.09. The molecule has 0 saturated heterocycles. The van der Waals surface area contributed by atoms with Crippen molar-refractivity contribution in [1.82, 2.24) is 10.2 Å². The van der Waals surface area contributed by atoms with Gasteiger partial charge in [0.05, 0.1) is 12.6 Å². The lowest BCUT2D eigenvalue weighted by atomic mass is 10.2. The maximum atomic E-state index is 11.3. The second-order valence-corrected chi connectivity index (χ2v) is 3.60. The first-order valence-corrected chi connectivity index (χ1v) is 5.32. The van der Waals surface area contributed by atoms with E-state index in [-0.39, 0.29) is 11.9 Å². The molecule has 0 radical (unpaired) electrons. The molecular weight excluding hydrogens is 194 g/mol. The van der Waals surface area contributed by atoms with E-state index in [1.165, 1.54) is 0 Å². The summed E-state index contributed by atoms with van der Waals surface area (Å²) in [7, 11) is 3.67. The Morgan fingerprint density at radius 2 is 2.20 bits per heavy atom. The van der Waals surface area contributed by atoms with E-state index < -0.39 is 0 Å². The first-order chi connectivity index (χ1) is 7.11. The Balaban J connectivity index is 3.48. The third-order valence-electron chi connectivity index (χ3n) is 2.25. The third kappa shape index (κ3) is 7.30. The second-order valence-electron chi connectivity index (χ2n) is 3.60. The molecule has 0 fully saturated rings. The molecule has 90 valence electrons. The number of likely N-dealkylation sites (N-methyl/N-ethyl adjacent to an activating group) is 1. The minimum atomic E-state index is -0.380. The van der Waals surface area contributed by atoms with Crippen LogP contribution in [0.3, 0.4) is 0 Å². The van der Waals surface area contributed by atoms with E-state index in [0.29, 0.717) is 19.6 Å². The Kier molecular flexibility index (Phi) is 8.27. The van der Waals surface area contributed by atoms with Gasteiger partial charge in [-0.05, 0) is 13.5 Å². The quantitative estimate of drug-likeness (QED) is 0.571. The van der Waals surface area contributed by atoms with Gasteiger partial charge in [0.25, 0.3) is 0 Å². The summed E-state index contributed by atoms with van der Waals surface area (Å²) >= 11 is 0. The molecule has 0 saturated carbocycles. The highest BCUT2D eigenvalue weighted by molar-refractivity contribution is 5.81. The summed E-state index contributed by atoms with van der Waals surface area (Å²) in [5, 5.41) is 2.79. The summed E-state index contributed by atoms with van der Waals surface area (Å²) < 4.78 is 4.95. The van der Waals surface area contributed by atoms with E-state index >= 15 is 0 Å². The van der Waals surface area contributed by atoms with E-state index in [1.54, 1.807) is 7.11 Å². The second kappa shape index (κ2) is 8.64. The summed E-state index contributed by atoms with van der Waals surface area (Å²) in [6, 6.07) is -0.380. The van der Waals surface area contributed by atoms with Crippen LogP contribution in [0.15, 0.2) is 0 Å². The van der Waals surface area contributed by atoms with Crippen molar-refractivity contribution in [3.63, 3.8) is 0 Å². The van der Waals surface area contributed by atoms with Crippen molar-refractivity contribution in [2.45, 2.75) is 19.4 Å². The normalized spacial score (nSPS) is 12.9.